The van der Waals surface area contributed by atoms with Gasteiger partial charge in [0.2, 0.25) is 11.8 Å². The van der Waals surface area contributed by atoms with E-state index in [1.807, 2.05) is 42.5 Å². The highest BCUT2D eigenvalue weighted by molar-refractivity contribution is 6.31. The molecule has 2 rings (SSSR count). The molecule has 0 radical (unpaired) electrons. The van der Waals surface area contributed by atoms with Crippen molar-refractivity contribution in [2.75, 3.05) is 13.7 Å². The van der Waals surface area contributed by atoms with Crippen LogP contribution in [-0.2, 0) is 22.6 Å². The van der Waals surface area contributed by atoms with Crippen molar-refractivity contribution in [3.05, 3.63) is 64.7 Å². The Morgan fingerprint density at radius 3 is 2.45 bits per heavy atom. The number of ether oxygens (including phenoxy) is 1. The summed E-state index contributed by atoms with van der Waals surface area (Å²) in [5.74, 6) is 0.444. The number of halogens is 1. The molecule has 0 unspecified atom stereocenters. The van der Waals surface area contributed by atoms with Gasteiger partial charge in [-0.15, -0.1) is 0 Å². The van der Waals surface area contributed by atoms with Gasteiger partial charge in [0.05, 0.1) is 13.5 Å². The normalized spacial score (nSPS) is 11.6. The van der Waals surface area contributed by atoms with Crippen LogP contribution in [0.1, 0.15) is 37.8 Å². The number of rotatable bonds is 10. The molecule has 0 aromatic heterocycles. The SMILES string of the molecule is CCCCNC(=O)[C@H](C)N(Cc1ccc(OC)cc1)C(=O)Cc1ccccc1Cl. The van der Waals surface area contributed by atoms with E-state index >= 15 is 0 Å². The van der Waals surface area contributed by atoms with Gasteiger partial charge in [-0.3, -0.25) is 9.59 Å². The molecule has 0 aliphatic carbocycles. The summed E-state index contributed by atoms with van der Waals surface area (Å²) in [6.45, 7) is 4.76. The first-order valence-corrected chi connectivity index (χ1v) is 10.3. The molecule has 0 aliphatic rings. The van der Waals surface area contributed by atoms with Crippen LogP contribution < -0.4 is 10.1 Å². The molecule has 29 heavy (non-hydrogen) atoms. The topological polar surface area (TPSA) is 58.6 Å². The number of nitrogens with zero attached hydrogens (tertiary/aromatic N) is 1. The summed E-state index contributed by atoms with van der Waals surface area (Å²) in [6, 6.07) is 14.2. The van der Waals surface area contributed by atoms with E-state index in [9.17, 15) is 9.59 Å². The number of amides is 2. The molecular formula is C23H29ClN2O3. The van der Waals surface area contributed by atoms with Gasteiger partial charge < -0.3 is 15.0 Å². The van der Waals surface area contributed by atoms with E-state index < -0.39 is 6.04 Å². The molecule has 0 aliphatic heterocycles. The van der Waals surface area contributed by atoms with Gasteiger partial charge in [0.15, 0.2) is 0 Å². The van der Waals surface area contributed by atoms with Gasteiger partial charge in [0.25, 0.3) is 0 Å². The van der Waals surface area contributed by atoms with Crippen LogP contribution in [0.4, 0.5) is 0 Å². The zero-order valence-electron chi connectivity index (χ0n) is 17.3. The minimum absolute atomic E-state index is 0.141. The molecule has 0 saturated carbocycles. The Morgan fingerprint density at radius 1 is 1.14 bits per heavy atom. The van der Waals surface area contributed by atoms with Crippen molar-refractivity contribution in [1.29, 1.82) is 0 Å². The highest BCUT2D eigenvalue weighted by Crippen LogP contribution is 2.19. The average Bonchev–Trinajstić information content (AvgIpc) is 2.73. The van der Waals surface area contributed by atoms with E-state index in [0.29, 0.717) is 18.1 Å². The maximum Gasteiger partial charge on any atom is 0.242 e. The quantitative estimate of drug-likeness (QED) is 0.590. The molecule has 2 aromatic rings. The molecule has 156 valence electrons. The Kier molecular flexibility index (Phi) is 9.00. The maximum absolute atomic E-state index is 13.1. The molecule has 1 atom stereocenters. The number of carbonyl (C=O) groups is 2. The molecule has 0 bridgehead atoms. The molecule has 1 N–H and O–H groups in total. The van der Waals surface area contributed by atoms with Crippen LogP contribution in [-0.4, -0.2) is 36.4 Å². The molecule has 2 aromatic carbocycles. The first-order valence-electron chi connectivity index (χ1n) is 9.89. The fourth-order valence-corrected chi connectivity index (χ4v) is 3.16. The second-order valence-electron chi connectivity index (χ2n) is 6.96. The molecule has 0 spiro atoms. The smallest absolute Gasteiger partial charge is 0.242 e. The van der Waals surface area contributed by atoms with Gasteiger partial charge in [-0.05, 0) is 42.7 Å². The lowest BCUT2D eigenvalue weighted by Crippen LogP contribution is -2.48. The van der Waals surface area contributed by atoms with Crippen LogP contribution >= 0.6 is 11.6 Å². The molecule has 0 saturated heterocycles. The summed E-state index contributed by atoms with van der Waals surface area (Å²) < 4.78 is 5.20. The molecule has 0 heterocycles. The zero-order valence-corrected chi connectivity index (χ0v) is 18.0. The van der Waals surface area contributed by atoms with Crippen LogP contribution in [0.5, 0.6) is 5.75 Å². The van der Waals surface area contributed by atoms with Crippen molar-refractivity contribution in [3.63, 3.8) is 0 Å². The number of nitrogens with one attached hydrogen (secondary N) is 1. The van der Waals surface area contributed by atoms with Crippen LogP contribution in [0.25, 0.3) is 0 Å². The first-order chi connectivity index (χ1) is 14.0. The van der Waals surface area contributed by atoms with Gasteiger partial charge in [-0.2, -0.15) is 0 Å². The minimum Gasteiger partial charge on any atom is -0.497 e. The van der Waals surface area contributed by atoms with Gasteiger partial charge >= 0.3 is 0 Å². The number of hydrogen-bond donors (Lipinski definition) is 1. The second-order valence-corrected chi connectivity index (χ2v) is 7.37. The lowest BCUT2D eigenvalue weighted by atomic mass is 10.1. The molecular weight excluding hydrogens is 388 g/mol. The molecule has 6 heteroatoms. The number of unbranched alkanes of at least 4 members (excludes halogenated alkanes) is 1. The van der Waals surface area contributed by atoms with Crippen molar-refractivity contribution in [3.8, 4) is 5.75 Å². The fraction of sp³-hybridized carbons (Fsp3) is 0.391. The second kappa shape index (κ2) is 11.5. The Morgan fingerprint density at radius 2 is 1.83 bits per heavy atom. The number of carbonyl (C=O) groups excluding carboxylic acids is 2. The Hall–Kier alpha value is -2.53. The van der Waals surface area contributed by atoms with E-state index in [-0.39, 0.29) is 18.2 Å². The largest absolute Gasteiger partial charge is 0.497 e. The summed E-state index contributed by atoms with van der Waals surface area (Å²) in [5, 5.41) is 3.47. The van der Waals surface area contributed by atoms with E-state index in [4.69, 9.17) is 16.3 Å². The van der Waals surface area contributed by atoms with E-state index in [1.54, 1.807) is 25.0 Å². The Bertz CT molecular complexity index is 808. The van der Waals surface area contributed by atoms with E-state index in [1.165, 1.54) is 0 Å². The van der Waals surface area contributed by atoms with Crippen LogP contribution in [0.15, 0.2) is 48.5 Å². The maximum atomic E-state index is 13.1. The van der Waals surface area contributed by atoms with Gasteiger partial charge in [-0.1, -0.05) is 55.3 Å². The van der Waals surface area contributed by atoms with Gasteiger partial charge in [0, 0.05) is 18.1 Å². The molecule has 0 fully saturated rings. The van der Waals surface area contributed by atoms with Crippen LogP contribution in [0, 0.1) is 0 Å². The van der Waals surface area contributed by atoms with Gasteiger partial charge in [-0.25, -0.2) is 0 Å². The molecule has 5 nitrogen and oxygen atoms in total. The number of hydrogen-bond acceptors (Lipinski definition) is 3. The van der Waals surface area contributed by atoms with Crippen molar-refractivity contribution < 1.29 is 14.3 Å². The van der Waals surface area contributed by atoms with Gasteiger partial charge in [0.1, 0.15) is 11.8 Å². The lowest BCUT2D eigenvalue weighted by Gasteiger charge is -2.29. The summed E-state index contributed by atoms with van der Waals surface area (Å²) >= 11 is 6.23. The van der Waals surface area contributed by atoms with Crippen molar-refractivity contribution in [2.45, 2.75) is 45.7 Å². The zero-order chi connectivity index (χ0) is 21.2. The van der Waals surface area contributed by atoms with E-state index in [2.05, 4.69) is 12.2 Å². The van der Waals surface area contributed by atoms with E-state index in [0.717, 1.165) is 29.7 Å². The summed E-state index contributed by atoms with van der Waals surface area (Å²) in [4.78, 5) is 27.4. The van der Waals surface area contributed by atoms with Crippen LogP contribution in [0.3, 0.4) is 0 Å². The summed E-state index contributed by atoms with van der Waals surface area (Å²) in [5.41, 5.74) is 1.67. The third kappa shape index (κ3) is 6.79. The lowest BCUT2D eigenvalue weighted by molar-refractivity contribution is -0.140. The van der Waals surface area contributed by atoms with Crippen molar-refractivity contribution in [1.82, 2.24) is 10.2 Å². The molecule has 2 amide bonds. The summed E-state index contributed by atoms with van der Waals surface area (Å²) in [6.07, 6.45) is 2.04. The monoisotopic (exact) mass is 416 g/mol. The highest BCUT2D eigenvalue weighted by atomic mass is 35.5. The fourth-order valence-electron chi connectivity index (χ4n) is 2.95. The summed E-state index contributed by atoms with van der Waals surface area (Å²) in [7, 11) is 1.61. The third-order valence-corrected chi connectivity index (χ3v) is 5.18. The first kappa shape index (κ1) is 22.8. The predicted molar refractivity (Wildman–Crippen MR) is 116 cm³/mol. The highest BCUT2D eigenvalue weighted by Gasteiger charge is 2.26. The minimum atomic E-state index is -0.594. The Balaban J connectivity index is 2.19. The average molecular weight is 417 g/mol. The number of benzene rings is 2. The number of methoxy groups -OCH3 is 1. The third-order valence-electron chi connectivity index (χ3n) is 4.81. The van der Waals surface area contributed by atoms with Crippen LogP contribution in [0.2, 0.25) is 5.02 Å². The predicted octanol–water partition coefficient (Wildman–Crippen LogP) is 4.22. The standard InChI is InChI=1S/C23H29ClN2O3/c1-4-5-14-25-23(28)17(2)26(16-18-10-12-20(29-3)13-11-18)22(27)15-19-8-6-7-9-21(19)24/h6-13,17H,4-5,14-16H2,1-3H3,(H,25,28)/t17-/m0/s1. The van der Waals surface area contributed by atoms with Crippen molar-refractivity contribution in [2.24, 2.45) is 0 Å². The van der Waals surface area contributed by atoms with Crippen molar-refractivity contribution >= 4 is 23.4 Å². The Labute approximate surface area is 178 Å².